The number of hydrogen-bond donors (Lipinski definition) is 1. The van der Waals surface area contributed by atoms with Crippen molar-refractivity contribution in [3.05, 3.63) is 69.2 Å². The molecule has 0 bridgehead atoms. The van der Waals surface area contributed by atoms with E-state index in [-0.39, 0.29) is 24.3 Å². The number of aryl methyl sites for hydroxylation is 1. The van der Waals surface area contributed by atoms with Gasteiger partial charge in [-0.2, -0.15) is 0 Å². The SMILES string of the molecule is Cc1ccccc1CN(C(=O)Cc1c(Cl)cccc1Cl)[C@@H](C)C(=O)NC(C)C. The summed E-state index contributed by atoms with van der Waals surface area (Å²) >= 11 is 12.5. The maximum Gasteiger partial charge on any atom is 0.242 e. The van der Waals surface area contributed by atoms with Crippen molar-refractivity contribution in [1.29, 1.82) is 0 Å². The van der Waals surface area contributed by atoms with Crippen LogP contribution in [0.5, 0.6) is 0 Å². The van der Waals surface area contributed by atoms with Gasteiger partial charge in [0.1, 0.15) is 6.04 Å². The fraction of sp³-hybridized carbons (Fsp3) is 0.364. The molecule has 2 amide bonds. The van der Waals surface area contributed by atoms with Gasteiger partial charge in [-0.1, -0.05) is 53.5 Å². The van der Waals surface area contributed by atoms with Crippen molar-refractivity contribution in [2.45, 2.75) is 52.7 Å². The Morgan fingerprint density at radius 1 is 1.00 bits per heavy atom. The second kappa shape index (κ2) is 9.94. The molecule has 0 aliphatic carbocycles. The molecule has 0 aliphatic rings. The summed E-state index contributed by atoms with van der Waals surface area (Å²) in [6.07, 6.45) is 0.0314. The summed E-state index contributed by atoms with van der Waals surface area (Å²) in [7, 11) is 0. The Bertz CT molecular complexity index is 832. The number of halogens is 2. The van der Waals surface area contributed by atoms with E-state index in [1.807, 2.05) is 45.0 Å². The zero-order valence-corrected chi connectivity index (χ0v) is 18.1. The largest absolute Gasteiger partial charge is 0.352 e. The monoisotopic (exact) mass is 420 g/mol. The van der Waals surface area contributed by atoms with Gasteiger partial charge in [-0.3, -0.25) is 9.59 Å². The van der Waals surface area contributed by atoms with Crippen molar-refractivity contribution in [3.8, 4) is 0 Å². The van der Waals surface area contributed by atoms with Crippen molar-refractivity contribution >= 4 is 35.0 Å². The van der Waals surface area contributed by atoms with Crippen LogP contribution in [0.25, 0.3) is 0 Å². The lowest BCUT2D eigenvalue weighted by Gasteiger charge is -2.30. The number of nitrogens with one attached hydrogen (secondary N) is 1. The third kappa shape index (κ3) is 5.73. The predicted molar refractivity (Wildman–Crippen MR) is 115 cm³/mol. The minimum Gasteiger partial charge on any atom is -0.352 e. The molecule has 0 saturated heterocycles. The highest BCUT2D eigenvalue weighted by atomic mass is 35.5. The molecule has 0 spiro atoms. The summed E-state index contributed by atoms with van der Waals surface area (Å²) in [5, 5.41) is 3.76. The Balaban J connectivity index is 2.32. The molecule has 0 saturated carbocycles. The number of nitrogens with zero attached hydrogens (tertiary/aromatic N) is 1. The van der Waals surface area contributed by atoms with Crippen molar-refractivity contribution < 1.29 is 9.59 Å². The van der Waals surface area contributed by atoms with Gasteiger partial charge >= 0.3 is 0 Å². The summed E-state index contributed by atoms with van der Waals surface area (Å²) in [6.45, 7) is 7.84. The molecule has 0 fully saturated rings. The fourth-order valence-corrected chi connectivity index (χ4v) is 3.44. The van der Waals surface area contributed by atoms with Crippen LogP contribution in [0.15, 0.2) is 42.5 Å². The molecule has 2 aromatic rings. The Hall–Kier alpha value is -2.04. The van der Waals surface area contributed by atoms with Crippen LogP contribution in [0, 0.1) is 6.92 Å². The van der Waals surface area contributed by atoms with Gasteiger partial charge in [0.15, 0.2) is 0 Å². The highest BCUT2D eigenvalue weighted by molar-refractivity contribution is 6.36. The minimum absolute atomic E-state index is 0.0108. The maximum absolute atomic E-state index is 13.2. The second-order valence-electron chi connectivity index (χ2n) is 7.16. The van der Waals surface area contributed by atoms with Gasteiger partial charge in [0.2, 0.25) is 11.8 Å². The minimum atomic E-state index is -0.629. The van der Waals surface area contributed by atoms with Crippen molar-refractivity contribution in [2.75, 3.05) is 0 Å². The first-order chi connectivity index (χ1) is 13.2. The predicted octanol–water partition coefficient (Wildman–Crippen LogP) is 4.79. The van der Waals surface area contributed by atoms with Gasteiger partial charge < -0.3 is 10.2 Å². The molecule has 0 heterocycles. The zero-order valence-electron chi connectivity index (χ0n) is 16.6. The first-order valence-electron chi connectivity index (χ1n) is 9.28. The van der Waals surface area contributed by atoms with Crippen molar-refractivity contribution in [3.63, 3.8) is 0 Å². The smallest absolute Gasteiger partial charge is 0.242 e. The van der Waals surface area contributed by atoms with Gasteiger partial charge in [-0.15, -0.1) is 0 Å². The average Bonchev–Trinajstić information content (AvgIpc) is 2.63. The quantitative estimate of drug-likeness (QED) is 0.699. The molecule has 2 rings (SSSR count). The number of amides is 2. The molecular weight excluding hydrogens is 395 g/mol. The van der Waals surface area contributed by atoms with Crippen LogP contribution in [0.3, 0.4) is 0 Å². The lowest BCUT2D eigenvalue weighted by Crippen LogP contribution is -2.49. The first-order valence-corrected chi connectivity index (χ1v) is 10.0. The molecule has 0 aliphatic heterocycles. The summed E-state index contributed by atoms with van der Waals surface area (Å²) in [6, 6.07) is 12.3. The average molecular weight is 421 g/mol. The molecule has 0 radical (unpaired) electrons. The van der Waals surface area contributed by atoms with Crippen LogP contribution >= 0.6 is 23.2 Å². The van der Waals surface area contributed by atoms with Gasteiger partial charge in [0, 0.05) is 22.6 Å². The highest BCUT2D eigenvalue weighted by Crippen LogP contribution is 2.26. The van der Waals surface area contributed by atoms with Gasteiger partial charge in [0.05, 0.1) is 6.42 Å². The van der Waals surface area contributed by atoms with Crippen LogP contribution < -0.4 is 5.32 Å². The Morgan fingerprint density at radius 3 is 2.18 bits per heavy atom. The molecule has 1 N–H and O–H groups in total. The number of hydrogen-bond acceptors (Lipinski definition) is 2. The van der Waals surface area contributed by atoms with Gasteiger partial charge in [-0.25, -0.2) is 0 Å². The topological polar surface area (TPSA) is 49.4 Å². The van der Waals surface area contributed by atoms with E-state index in [0.29, 0.717) is 22.2 Å². The number of benzene rings is 2. The maximum atomic E-state index is 13.2. The van der Waals surface area contributed by atoms with Crippen LogP contribution in [-0.2, 0) is 22.6 Å². The molecule has 1 atom stereocenters. The van der Waals surface area contributed by atoms with Crippen molar-refractivity contribution in [1.82, 2.24) is 10.2 Å². The normalized spacial score (nSPS) is 12.0. The molecule has 2 aromatic carbocycles. The first kappa shape index (κ1) is 22.3. The fourth-order valence-electron chi connectivity index (χ4n) is 2.91. The lowest BCUT2D eigenvalue weighted by atomic mass is 10.1. The van der Waals surface area contributed by atoms with E-state index >= 15 is 0 Å². The van der Waals surface area contributed by atoms with E-state index in [4.69, 9.17) is 23.2 Å². The molecule has 150 valence electrons. The Labute approximate surface area is 176 Å². The molecule has 0 unspecified atom stereocenters. The van der Waals surface area contributed by atoms with Crippen LogP contribution in [0.4, 0.5) is 0 Å². The van der Waals surface area contributed by atoms with E-state index in [9.17, 15) is 9.59 Å². The number of carbonyl (C=O) groups excluding carboxylic acids is 2. The molecule has 6 heteroatoms. The van der Waals surface area contributed by atoms with Gasteiger partial charge in [0.25, 0.3) is 0 Å². The standard InChI is InChI=1S/C22H26Cl2N2O2/c1-14(2)25-22(28)16(4)26(13-17-9-6-5-8-15(17)3)21(27)12-18-19(23)10-7-11-20(18)24/h5-11,14,16H,12-13H2,1-4H3,(H,25,28)/t16-/m0/s1. The van der Waals surface area contributed by atoms with E-state index in [1.54, 1.807) is 30.0 Å². The van der Waals surface area contributed by atoms with E-state index < -0.39 is 6.04 Å². The summed E-state index contributed by atoms with van der Waals surface area (Å²) < 4.78 is 0. The number of carbonyl (C=O) groups is 2. The second-order valence-corrected chi connectivity index (χ2v) is 7.98. The Morgan fingerprint density at radius 2 is 1.61 bits per heavy atom. The zero-order chi connectivity index (χ0) is 20.8. The van der Waals surface area contributed by atoms with E-state index in [2.05, 4.69) is 5.32 Å². The summed E-state index contributed by atoms with van der Waals surface area (Å²) in [5.74, 6) is -0.396. The third-order valence-corrected chi connectivity index (χ3v) is 5.30. The third-order valence-electron chi connectivity index (χ3n) is 4.59. The van der Waals surface area contributed by atoms with Crippen molar-refractivity contribution in [2.24, 2.45) is 0 Å². The summed E-state index contributed by atoms with van der Waals surface area (Å²) in [5.41, 5.74) is 2.62. The van der Waals surface area contributed by atoms with Crippen LogP contribution in [0.2, 0.25) is 10.0 Å². The molecule has 28 heavy (non-hydrogen) atoms. The molecule has 0 aromatic heterocycles. The van der Waals surface area contributed by atoms with E-state index in [1.165, 1.54) is 0 Å². The summed E-state index contributed by atoms with van der Waals surface area (Å²) in [4.78, 5) is 27.4. The highest BCUT2D eigenvalue weighted by Gasteiger charge is 2.27. The molecule has 4 nitrogen and oxygen atoms in total. The number of rotatable bonds is 7. The molecular formula is C22H26Cl2N2O2. The lowest BCUT2D eigenvalue weighted by molar-refractivity contribution is -0.140. The van der Waals surface area contributed by atoms with Gasteiger partial charge in [-0.05, 0) is 56.5 Å². The van der Waals surface area contributed by atoms with Crippen LogP contribution in [-0.4, -0.2) is 28.8 Å². The van der Waals surface area contributed by atoms with E-state index in [0.717, 1.165) is 11.1 Å². The van der Waals surface area contributed by atoms with Crippen LogP contribution in [0.1, 0.15) is 37.5 Å². The Kier molecular flexibility index (Phi) is 7.90.